The first-order valence-electron chi connectivity index (χ1n) is 9.04. The molecule has 1 heterocycles. The number of rotatable bonds is 5. The number of hydrogen-bond acceptors (Lipinski definition) is 2. The Morgan fingerprint density at radius 2 is 1.68 bits per heavy atom. The minimum atomic E-state index is -0.434. The Hall–Kier alpha value is -2.20. The molecule has 0 atom stereocenters. The van der Waals surface area contributed by atoms with Crippen molar-refractivity contribution in [3.63, 3.8) is 0 Å². The number of aryl methyl sites for hydroxylation is 1. The topological polar surface area (TPSA) is 23.6 Å². The molecule has 0 radical (unpaired) electrons. The molecule has 0 unspecified atom stereocenters. The van der Waals surface area contributed by atoms with Crippen molar-refractivity contribution in [3.8, 4) is 0 Å². The summed E-state index contributed by atoms with van der Waals surface area (Å²) in [6, 6.07) is 16.8. The molecule has 0 N–H and O–H groups in total. The Balaban J connectivity index is 1.49. The molecule has 0 bridgehead atoms. The zero-order valence-corrected chi connectivity index (χ0v) is 14.5. The fraction of sp³-hybridized carbons (Fsp3) is 0.381. The lowest BCUT2D eigenvalue weighted by Gasteiger charge is -2.22. The highest BCUT2D eigenvalue weighted by Gasteiger charge is 2.22. The van der Waals surface area contributed by atoms with E-state index in [2.05, 4.69) is 29.2 Å². The molecule has 0 saturated carbocycles. The predicted octanol–water partition coefficient (Wildman–Crippen LogP) is 3.61. The van der Waals surface area contributed by atoms with E-state index >= 15 is 0 Å². The molecular formula is C21H25FN2O. The standard InChI is InChI=1S/C21H25FN2O/c22-20-12-5-4-11-19(20)21(25)24-15-7-14-23(16-17-24)13-6-10-18-8-2-1-3-9-18/h1-5,8-9,11-12H,6-7,10,13-17H2. The van der Waals surface area contributed by atoms with Crippen LogP contribution in [0.15, 0.2) is 54.6 Å². The van der Waals surface area contributed by atoms with Crippen molar-refractivity contribution in [1.29, 1.82) is 0 Å². The molecule has 3 nitrogen and oxygen atoms in total. The normalized spacial score (nSPS) is 15.8. The first kappa shape index (κ1) is 17.6. The maximum absolute atomic E-state index is 13.8. The lowest BCUT2D eigenvalue weighted by Crippen LogP contribution is -2.35. The van der Waals surface area contributed by atoms with Gasteiger partial charge in [0.2, 0.25) is 0 Å². The molecule has 0 spiro atoms. The summed E-state index contributed by atoms with van der Waals surface area (Å²) in [6.45, 7) is 4.25. The maximum atomic E-state index is 13.8. The fourth-order valence-electron chi connectivity index (χ4n) is 3.35. The van der Waals surface area contributed by atoms with E-state index < -0.39 is 5.82 Å². The van der Waals surface area contributed by atoms with Gasteiger partial charge in [-0.3, -0.25) is 4.79 Å². The summed E-state index contributed by atoms with van der Waals surface area (Å²) < 4.78 is 13.8. The lowest BCUT2D eigenvalue weighted by molar-refractivity contribution is 0.0756. The Bertz CT molecular complexity index is 689. The minimum Gasteiger partial charge on any atom is -0.337 e. The average molecular weight is 340 g/mol. The molecule has 2 aromatic rings. The van der Waals surface area contributed by atoms with E-state index in [4.69, 9.17) is 0 Å². The maximum Gasteiger partial charge on any atom is 0.256 e. The van der Waals surface area contributed by atoms with Gasteiger partial charge in [0.15, 0.2) is 0 Å². The van der Waals surface area contributed by atoms with Crippen LogP contribution in [0.25, 0.3) is 0 Å². The molecule has 2 aromatic carbocycles. The molecule has 0 aromatic heterocycles. The minimum absolute atomic E-state index is 0.181. The van der Waals surface area contributed by atoms with E-state index in [0.29, 0.717) is 13.1 Å². The molecule has 1 fully saturated rings. The van der Waals surface area contributed by atoms with Gasteiger partial charge in [-0.2, -0.15) is 0 Å². The number of halogens is 1. The Morgan fingerprint density at radius 1 is 0.920 bits per heavy atom. The van der Waals surface area contributed by atoms with Crippen molar-refractivity contribution in [3.05, 3.63) is 71.5 Å². The van der Waals surface area contributed by atoms with Gasteiger partial charge in [0.1, 0.15) is 5.82 Å². The third kappa shape index (κ3) is 4.89. The Morgan fingerprint density at radius 3 is 2.48 bits per heavy atom. The first-order chi connectivity index (χ1) is 12.2. The van der Waals surface area contributed by atoms with Crippen molar-refractivity contribution in [2.75, 3.05) is 32.7 Å². The van der Waals surface area contributed by atoms with Gasteiger partial charge >= 0.3 is 0 Å². The third-order valence-corrected chi connectivity index (χ3v) is 4.76. The van der Waals surface area contributed by atoms with Crippen LogP contribution in [0, 0.1) is 5.82 Å². The van der Waals surface area contributed by atoms with Crippen molar-refractivity contribution in [1.82, 2.24) is 9.80 Å². The third-order valence-electron chi connectivity index (χ3n) is 4.76. The highest BCUT2D eigenvalue weighted by molar-refractivity contribution is 5.94. The Labute approximate surface area is 149 Å². The molecule has 3 rings (SSSR count). The smallest absolute Gasteiger partial charge is 0.256 e. The second-order valence-electron chi connectivity index (χ2n) is 6.56. The van der Waals surface area contributed by atoms with Crippen LogP contribution in [0.2, 0.25) is 0 Å². The molecule has 1 aliphatic heterocycles. The summed E-state index contributed by atoms with van der Waals surface area (Å²) >= 11 is 0. The monoisotopic (exact) mass is 340 g/mol. The van der Waals surface area contributed by atoms with Gasteiger partial charge in [0, 0.05) is 19.6 Å². The van der Waals surface area contributed by atoms with E-state index in [1.165, 1.54) is 11.6 Å². The fourth-order valence-corrected chi connectivity index (χ4v) is 3.35. The second kappa shape index (κ2) is 8.77. The summed E-state index contributed by atoms with van der Waals surface area (Å²) in [6.07, 6.45) is 3.13. The second-order valence-corrected chi connectivity index (χ2v) is 6.56. The molecule has 1 aliphatic rings. The molecule has 25 heavy (non-hydrogen) atoms. The quantitative estimate of drug-likeness (QED) is 0.830. The zero-order valence-electron chi connectivity index (χ0n) is 14.5. The van der Waals surface area contributed by atoms with Gasteiger partial charge in [0.05, 0.1) is 5.56 Å². The summed E-state index contributed by atoms with van der Waals surface area (Å²) in [5.74, 6) is -0.624. The SMILES string of the molecule is O=C(c1ccccc1F)N1CCCN(CCCc2ccccc2)CC1. The van der Waals surface area contributed by atoms with Crippen LogP contribution in [0.4, 0.5) is 4.39 Å². The van der Waals surface area contributed by atoms with Gasteiger partial charge in [0.25, 0.3) is 5.91 Å². The van der Waals surface area contributed by atoms with Crippen molar-refractivity contribution in [2.24, 2.45) is 0 Å². The van der Waals surface area contributed by atoms with Gasteiger partial charge in [-0.25, -0.2) is 4.39 Å². The molecular weight excluding hydrogens is 315 g/mol. The summed E-state index contributed by atoms with van der Waals surface area (Å²) in [5, 5.41) is 0. The molecule has 1 saturated heterocycles. The van der Waals surface area contributed by atoms with Gasteiger partial charge in [-0.15, -0.1) is 0 Å². The summed E-state index contributed by atoms with van der Waals surface area (Å²) in [4.78, 5) is 16.7. The zero-order chi connectivity index (χ0) is 17.5. The van der Waals surface area contributed by atoms with Crippen LogP contribution < -0.4 is 0 Å². The highest BCUT2D eigenvalue weighted by atomic mass is 19.1. The van der Waals surface area contributed by atoms with Gasteiger partial charge in [-0.05, 0) is 50.0 Å². The van der Waals surface area contributed by atoms with Crippen molar-refractivity contribution >= 4 is 5.91 Å². The van der Waals surface area contributed by atoms with Crippen molar-refractivity contribution in [2.45, 2.75) is 19.3 Å². The van der Waals surface area contributed by atoms with Crippen LogP contribution in [-0.2, 0) is 6.42 Å². The molecule has 4 heteroatoms. The highest BCUT2D eigenvalue weighted by Crippen LogP contribution is 2.13. The number of benzene rings is 2. The van der Waals surface area contributed by atoms with E-state index in [1.54, 1.807) is 23.1 Å². The van der Waals surface area contributed by atoms with Crippen LogP contribution in [0.5, 0.6) is 0 Å². The van der Waals surface area contributed by atoms with Crippen LogP contribution in [0.3, 0.4) is 0 Å². The predicted molar refractivity (Wildman–Crippen MR) is 98.1 cm³/mol. The van der Waals surface area contributed by atoms with E-state index in [9.17, 15) is 9.18 Å². The Kier molecular flexibility index (Phi) is 6.18. The molecule has 1 amide bonds. The average Bonchev–Trinajstić information content (AvgIpc) is 2.88. The van der Waals surface area contributed by atoms with Crippen LogP contribution >= 0.6 is 0 Å². The summed E-state index contributed by atoms with van der Waals surface area (Å²) in [5.41, 5.74) is 1.55. The van der Waals surface area contributed by atoms with Gasteiger partial charge < -0.3 is 9.80 Å². The molecule has 132 valence electrons. The number of carbonyl (C=O) groups excluding carboxylic acids is 1. The van der Waals surface area contributed by atoms with E-state index in [-0.39, 0.29) is 11.5 Å². The van der Waals surface area contributed by atoms with Crippen molar-refractivity contribution < 1.29 is 9.18 Å². The van der Waals surface area contributed by atoms with E-state index in [1.807, 2.05) is 6.07 Å². The summed E-state index contributed by atoms with van der Waals surface area (Å²) in [7, 11) is 0. The number of hydrogen-bond donors (Lipinski definition) is 0. The molecule has 0 aliphatic carbocycles. The number of amides is 1. The van der Waals surface area contributed by atoms with Crippen LogP contribution in [-0.4, -0.2) is 48.4 Å². The first-order valence-corrected chi connectivity index (χ1v) is 9.04. The number of nitrogens with zero attached hydrogens (tertiary/aromatic N) is 2. The lowest BCUT2D eigenvalue weighted by atomic mass is 10.1. The number of carbonyl (C=O) groups is 1. The largest absolute Gasteiger partial charge is 0.337 e. The van der Waals surface area contributed by atoms with E-state index in [0.717, 1.165) is 38.9 Å². The van der Waals surface area contributed by atoms with Gasteiger partial charge in [-0.1, -0.05) is 42.5 Å². The van der Waals surface area contributed by atoms with Crippen LogP contribution in [0.1, 0.15) is 28.8 Å².